The number of rotatable bonds is 5. The van der Waals surface area contributed by atoms with E-state index < -0.39 is 29.4 Å². The van der Waals surface area contributed by atoms with Gasteiger partial charge in [-0.05, 0) is 50.6 Å². The molecule has 0 atom stereocenters. The molecule has 6 nitrogen and oxygen atoms in total. The van der Waals surface area contributed by atoms with E-state index in [1.54, 1.807) is 18.2 Å². The molecular weight excluding hydrogens is 418 g/mol. The van der Waals surface area contributed by atoms with Crippen LogP contribution in [0, 0.1) is 12.7 Å². The summed E-state index contributed by atoms with van der Waals surface area (Å²) in [7, 11) is 0. The van der Waals surface area contributed by atoms with Crippen molar-refractivity contribution in [3.8, 4) is 11.4 Å². The molecule has 0 aliphatic carbocycles. The van der Waals surface area contributed by atoms with E-state index in [1.165, 1.54) is 24.5 Å². The first-order valence-electron chi connectivity index (χ1n) is 8.89. The number of fused-ring (bicyclic) bond motifs is 1. The molecule has 1 heterocycles. The van der Waals surface area contributed by atoms with Crippen LogP contribution in [0.15, 0.2) is 36.4 Å². The zero-order valence-electron chi connectivity index (χ0n) is 16.3. The maximum atomic E-state index is 14.3. The van der Waals surface area contributed by atoms with Crippen LogP contribution in [0.25, 0.3) is 16.7 Å². The van der Waals surface area contributed by atoms with Crippen molar-refractivity contribution in [2.45, 2.75) is 46.6 Å². The number of halogens is 4. The van der Waals surface area contributed by atoms with Gasteiger partial charge in [0, 0.05) is 6.07 Å². The molecule has 0 aliphatic rings. The van der Waals surface area contributed by atoms with Gasteiger partial charge in [-0.1, -0.05) is 13.5 Å². The number of hydrogen-bond donors (Lipinski definition) is 2. The average Bonchev–Trinajstić information content (AvgIpc) is 2.90. The van der Waals surface area contributed by atoms with Gasteiger partial charge >= 0.3 is 6.36 Å². The van der Waals surface area contributed by atoms with Gasteiger partial charge in [-0.15, -0.1) is 13.2 Å². The number of aryl methyl sites for hydroxylation is 1. The fraction of sp³-hybridized carbons (Fsp3) is 0.333. The Hall–Kier alpha value is -3.14. The summed E-state index contributed by atoms with van der Waals surface area (Å²) < 4.78 is 56.6. The molecule has 0 aliphatic heterocycles. The van der Waals surface area contributed by atoms with Crippen molar-refractivity contribution >= 4 is 22.9 Å². The maximum Gasteiger partial charge on any atom is 0.573 e. The summed E-state index contributed by atoms with van der Waals surface area (Å²) >= 11 is 0. The molecule has 3 rings (SSSR count). The molecule has 0 bridgehead atoms. The van der Waals surface area contributed by atoms with Gasteiger partial charge in [0.05, 0.1) is 28.7 Å². The molecule has 1 aromatic heterocycles. The molecule has 10 heteroatoms. The van der Waals surface area contributed by atoms with Crippen LogP contribution in [-0.4, -0.2) is 32.5 Å². The minimum atomic E-state index is -5.03. The molecule has 0 spiro atoms. The average molecular weight is 441 g/mol. The summed E-state index contributed by atoms with van der Waals surface area (Å²) in [6.45, 7) is 4.76. The first-order valence-corrected chi connectivity index (χ1v) is 8.89. The van der Waals surface area contributed by atoms with Gasteiger partial charge in [0.2, 0.25) is 11.9 Å². The molecule has 2 aromatic carbocycles. The Morgan fingerprint density at radius 2 is 1.87 bits per heavy atom. The van der Waals surface area contributed by atoms with Gasteiger partial charge in [-0.25, -0.2) is 9.37 Å². The summed E-state index contributed by atoms with van der Waals surface area (Å²) in [4.78, 5) is 16.6. The predicted octanol–water partition coefficient (Wildman–Crippen LogP) is 5.11. The van der Waals surface area contributed by atoms with E-state index in [4.69, 9.17) is 0 Å². The summed E-state index contributed by atoms with van der Waals surface area (Å²) in [6.07, 6.45) is -5.25. The molecule has 3 aromatic rings. The third kappa shape index (κ3) is 5.94. The van der Waals surface area contributed by atoms with Gasteiger partial charge in [0.15, 0.2) is 11.6 Å². The van der Waals surface area contributed by atoms with Gasteiger partial charge in [0.25, 0.3) is 0 Å². The number of aromatic nitrogens is 2. The smallest absolute Gasteiger partial charge is 0.403 e. The van der Waals surface area contributed by atoms with Crippen LogP contribution in [0.2, 0.25) is 0 Å². The van der Waals surface area contributed by atoms with Crippen LogP contribution in [0.1, 0.15) is 33.3 Å². The highest BCUT2D eigenvalue weighted by Crippen LogP contribution is 2.31. The number of anilines is 1. The SMILES string of the molecule is C.Cc1ccc2nc(NC(=O)CC(C)(C)O)n(-c3ccc(OC(F)(F)F)c(F)c3)c2c1. The first-order chi connectivity index (χ1) is 13.8. The van der Waals surface area contributed by atoms with Crippen molar-refractivity contribution in [2.24, 2.45) is 0 Å². The lowest BCUT2D eigenvalue weighted by atomic mass is 10.1. The summed E-state index contributed by atoms with van der Waals surface area (Å²) in [5.41, 5.74) is 0.719. The lowest BCUT2D eigenvalue weighted by Crippen LogP contribution is -2.28. The van der Waals surface area contributed by atoms with E-state index in [0.29, 0.717) is 11.0 Å². The third-order valence-corrected chi connectivity index (χ3v) is 4.05. The van der Waals surface area contributed by atoms with Crippen LogP contribution in [0.3, 0.4) is 0 Å². The van der Waals surface area contributed by atoms with E-state index in [-0.39, 0.29) is 25.5 Å². The Kier molecular flexibility index (Phi) is 6.65. The number of aliphatic hydroxyl groups is 1. The Morgan fingerprint density at radius 3 is 2.45 bits per heavy atom. The third-order valence-electron chi connectivity index (χ3n) is 4.05. The largest absolute Gasteiger partial charge is 0.573 e. The van der Waals surface area contributed by atoms with Gasteiger partial charge < -0.3 is 9.84 Å². The topological polar surface area (TPSA) is 76.4 Å². The van der Waals surface area contributed by atoms with Crippen LogP contribution < -0.4 is 10.1 Å². The molecule has 0 fully saturated rings. The summed E-state index contributed by atoms with van der Waals surface area (Å²) in [5, 5.41) is 12.4. The van der Waals surface area contributed by atoms with Gasteiger partial charge in [0.1, 0.15) is 0 Å². The number of imidazole rings is 1. The normalized spacial score (nSPS) is 11.9. The lowest BCUT2D eigenvalue weighted by Gasteiger charge is -2.17. The molecule has 2 N–H and O–H groups in total. The second-order valence-corrected chi connectivity index (χ2v) is 7.46. The van der Waals surface area contributed by atoms with E-state index in [9.17, 15) is 27.5 Å². The summed E-state index contributed by atoms with van der Waals surface area (Å²) in [5.74, 6) is -2.70. The number of benzene rings is 2. The predicted molar refractivity (Wildman–Crippen MR) is 109 cm³/mol. The maximum absolute atomic E-state index is 14.3. The molecule has 1 amide bonds. The molecule has 0 saturated heterocycles. The Bertz CT molecular complexity index is 1100. The molecular formula is C21H23F4N3O3. The Morgan fingerprint density at radius 1 is 1.19 bits per heavy atom. The number of ether oxygens (including phenoxy) is 1. The van der Waals surface area contributed by atoms with Crippen molar-refractivity contribution in [3.63, 3.8) is 0 Å². The quantitative estimate of drug-likeness (QED) is 0.540. The zero-order valence-corrected chi connectivity index (χ0v) is 16.3. The van der Waals surface area contributed by atoms with Crippen molar-refractivity contribution in [1.82, 2.24) is 9.55 Å². The lowest BCUT2D eigenvalue weighted by molar-refractivity contribution is -0.275. The van der Waals surface area contributed by atoms with Crippen molar-refractivity contribution in [3.05, 3.63) is 47.8 Å². The molecule has 0 radical (unpaired) electrons. The fourth-order valence-electron chi connectivity index (χ4n) is 2.93. The van der Waals surface area contributed by atoms with E-state index in [2.05, 4.69) is 15.0 Å². The minimum Gasteiger partial charge on any atom is -0.403 e. The second kappa shape index (κ2) is 8.54. The Balaban J connectivity index is 0.00000341. The fourth-order valence-corrected chi connectivity index (χ4v) is 2.93. The molecule has 0 unspecified atom stereocenters. The van der Waals surface area contributed by atoms with Crippen LogP contribution >= 0.6 is 0 Å². The first kappa shape index (κ1) is 24.1. The second-order valence-electron chi connectivity index (χ2n) is 7.46. The minimum absolute atomic E-state index is 0. The van der Waals surface area contributed by atoms with Crippen LogP contribution in [-0.2, 0) is 4.79 Å². The number of nitrogens with one attached hydrogen (secondary N) is 1. The standard InChI is InChI=1S/C20H19F4N3O3.CH4/c1-11-4-6-14-15(8-11)27(18(25-14)26-17(28)10-19(2,3)29)12-5-7-16(13(21)9-12)30-20(22,23)24;/h4-9,29H,10H2,1-3H3,(H,25,26,28);1H4. The van der Waals surface area contributed by atoms with Crippen LogP contribution in [0.4, 0.5) is 23.5 Å². The Labute approximate surface area is 176 Å². The van der Waals surface area contributed by atoms with E-state index in [0.717, 1.165) is 17.7 Å². The number of amides is 1. The van der Waals surface area contributed by atoms with Gasteiger partial charge in [-0.2, -0.15) is 0 Å². The molecule has 0 saturated carbocycles. The highest BCUT2D eigenvalue weighted by atomic mass is 19.4. The number of nitrogens with zero attached hydrogens (tertiary/aromatic N) is 2. The van der Waals surface area contributed by atoms with Crippen LogP contribution in [0.5, 0.6) is 5.75 Å². The zero-order chi connectivity index (χ0) is 22.3. The molecule has 31 heavy (non-hydrogen) atoms. The van der Waals surface area contributed by atoms with Crippen molar-refractivity contribution < 1.29 is 32.2 Å². The van der Waals surface area contributed by atoms with E-state index >= 15 is 0 Å². The number of alkyl halides is 3. The van der Waals surface area contributed by atoms with Crippen molar-refractivity contribution in [1.29, 1.82) is 0 Å². The highest BCUT2D eigenvalue weighted by Gasteiger charge is 2.32. The number of carbonyl (C=O) groups is 1. The number of carbonyl (C=O) groups excluding carboxylic acids is 1. The van der Waals surface area contributed by atoms with Gasteiger partial charge in [-0.3, -0.25) is 14.7 Å². The highest BCUT2D eigenvalue weighted by molar-refractivity contribution is 5.93. The van der Waals surface area contributed by atoms with E-state index in [1.807, 2.05) is 6.92 Å². The monoisotopic (exact) mass is 441 g/mol. The van der Waals surface area contributed by atoms with Crippen molar-refractivity contribution in [2.75, 3.05) is 5.32 Å². The molecule has 168 valence electrons. The summed E-state index contributed by atoms with van der Waals surface area (Å²) in [6, 6.07) is 8.16. The number of hydrogen-bond acceptors (Lipinski definition) is 4.